The van der Waals surface area contributed by atoms with Crippen molar-refractivity contribution >= 4 is 52.0 Å². The smallest absolute Gasteiger partial charge is 0.362 e. The third-order valence-corrected chi connectivity index (χ3v) is 4.09. The first-order valence-electron chi connectivity index (χ1n) is 6.06. The first-order valence-corrected chi connectivity index (χ1v) is 7.63. The van der Waals surface area contributed by atoms with Crippen molar-refractivity contribution in [2.45, 2.75) is 0 Å². The van der Waals surface area contributed by atoms with Crippen LogP contribution in [0.3, 0.4) is 0 Å². The minimum Gasteiger partial charge on any atom is -0.505 e. The van der Waals surface area contributed by atoms with E-state index in [1.807, 2.05) is 0 Å². The van der Waals surface area contributed by atoms with Crippen molar-refractivity contribution in [3.05, 3.63) is 56.1 Å². The molecule has 0 amide bonds. The largest absolute Gasteiger partial charge is 0.505 e. The number of halogens is 3. The van der Waals surface area contributed by atoms with E-state index < -0.39 is 23.2 Å². The van der Waals surface area contributed by atoms with Crippen molar-refractivity contribution < 1.29 is 19.0 Å². The number of benzene rings is 1. The van der Waals surface area contributed by atoms with Crippen LogP contribution in [0.2, 0.25) is 8.67 Å². The van der Waals surface area contributed by atoms with Gasteiger partial charge in [-0.2, -0.15) is 5.11 Å². The Labute approximate surface area is 144 Å². The highest BCUT2D eigenvalue weighted by atomic mass is 35.5. The second kappa shape index (κ2) is 7.54. The summed E-state index contributed by atoms with van der Waals surface area (Å²) in [6, 6.07) is 6.48. The first kappa shape index (κ1) is 17.4. The molecule has 0 atom stereocenters. The topological polar surface area (TPSA) is 71.2 Å². The highest BCUT2D eigenvalue weighted by Gasteiger charge is 2.21. The zero-order valence-electron chi connectivity index (χ0n) is 11.6. The van der Waals surface area contributed by atoms with E-state index >= 15 is 0 Å². The number of hydrogen-bond acceptors (Lipinski definition) is 6. The molecule has 0 bridgehead atoms. The van der Waals surface area contributed by atoms with Gasteiger partial charge in [-0.15, -0.1) is 16.5 Å². The number of carbonyl (C=O) groups excluding carboxylic acids is 1. The number of esters is 1. The Kier molecular flexibility index (Phi) is 5.70. The van der Waals surface area contributed by atoms with Crippen LogP contribution in [0, 0.1) is 5.82 Å². The van der Waals surface area contributed by atoms with Crippen molar-refractivity contribution in [2.75, 3.05) is 7.11 Å². The molecule has 0 aliphatic carbocycles. The Balaban J connectivity index is 2.44. The molecule has 120 valence electrons. The summed E-state index contributed by atoms with van der Waals surface area (Å²) in [5, 5.41) is 17.7. The summed E-state index contributed by atoms with van der Waals surface area (Å²) in [7, 11) is 1.13. The summed E-state index contributed by atoms with van der Waals surface area (Å²) < 4.78 is 17.9. The highest BCUT2D eigenvalue weighted by molar-refractivity contribution is 7.20. The molecule has 1 aromatic heterocycles. The summed E-state index contributed by atoms with van der Waals surface area (Å²) in [5.74, 6) is -1.86. The molecular weight excluding hydrogens is 366 g/mol. The standard InChI is InChI=1S/C14H9Cl2FN2O3S/c1-22-14(21)11(12(20)9-6-10(15)23-13(9)16)19-18-8-4-2-7(17)3-5-8/h2-6,20H,1H3/b12-11+,19-18?. The summed E-state index contributed by atoms with van der Waals surface area (Å²) in [6.07, 6.45) is 0. The molecule has 1 heterocycles. The van der Waals surface area contributed by atoms with Gasteiger partial charge in [0.2, 0.25) is 5.70 Å². The van der Waals surface area contributed by atoms with Crippen LogP contribution in [0.5, 0.6) is 0 Å². The number of azo groups is 1. The number of rotatable bonds is 4. The van der Waals surface area contributed by atoms with Crippen LogP contribution in [0.25, 0.3) is 5.76 Å². The predicted molar refractivity (Wildman–Crippen MR) is 86.8 cm³/mol. The van der Waals surface area contributed by atoms with Gasteiger partial charge in [0.15, 0.2) is 5.76 Å². The van der Waals surface area contributed by atoms with Gasteiger partial charge in [-0.3, -0.25) is 0 Å². The lowest BCUT2D eigenvalue weighted by molar-refractivity contribution is -0.136. The summed E-state index contributed by atoms with van der Waals surface area (Å²) in [4.78, 5) is 11.8. The van der Waals surface area contributed by atoms with Crippen LogP contribution in [0.1, 0.15) is 5.56 Å². The van der Waals surface area contributed by atoms with E-state index in [2.05, 4.69) is 15.0 Å². The molecule has 9 heteroatoms. The molecule has 0 saturated carbocycles. The average Bonchev–Trinajstić information content (AvgIpc) is 2.87. The van der Waals surface area contributed by atoms with Crippen LogP contribution in [0.4, 0.5) is 10.1 Å². The second-order valence-electron chi connectivity index (χ2n) is 4.10. The maximum Gasteiger partial charge on any atom is 0.362 e. The Bertz CT molecular complexity index is 788. The molecule has 2 rings (SSSR count). The lowest BCUT2D eigenvalue weighted by Gasteiger charge is -2.03. The number of hydrogen-bond donors (Lipinski definition) is 1. The zero-order valence-corrected chi connectivity index (χ0v) is 13.9. The molecule has 1 N–H and O–H groups in total. The fourth-order valence-corrected chi connectivity index (χ4v) is 2.99. The number of methoxy groups -OCH3 is 1. The van der Waals surface area contributed by atoms with Crippen molar-refractivity contribution in [3.63, 3.8) is 0 Å². The van der Waals surface area contributed by atoms with Crippen LogP contribution in [0.15, 0.2) is 46.3 Å². The maximum atomic E-state index is 12.8. The van der Waals surface area contributed by atoms with E-state index in [9.17, 15) is 14.3 Å². The van der Waals surface area contributed by atoms with Gasteiger partial charge in [0.05, 0.1) is 22.7 Å². The van der Waals surface area contributed by atoms with Gasteiger partial charge in [-0.1, -0.05) is 23.2 Å². The van der Waals surface area contributed by atoms with E-state index in [0.717, 1.165) is 18.4 Å². The van der Waals surface area contributed by atoms with Gasteiger partial charge in [0.1, 0.15) is 10.2 Å². The van der Waals surface area contributed by atoms with Crippen molar-refractivity contribution in [2.24, 2.45) is 10.2 Å². The number of aliphatic hydroxyl groups is 1. The molecule has 2 aromatic rings. The van der Waals surface area contributed by atoms with E-state index in [1.165, 1.54) is 30.3 Å². The summed E-state index contributed by atoms with van der Waals surface area (Å²) >= 11 is 12.8. The van der Waals surface area contributed by atoms with E-state index in [1.54, 1.807) is 0 Å². The van der Waals surface area contributed by atoms with Gasteiger partial charge in [0.25, 0.3) is 0 Å². The van der Waals surface area contributed by atoms with Crippen LogP contribution in [-0.4, -0.2) is 18.2 Å². The van der Waals surface area contributed by atoms with Crippen LogP contribution in [-0.2, 0) is 9.53 Å². The van der Waals surface area contributed by atoms with Crippen molar-refractivity contribution in [3.8, 4) is 0 Å². The maximum absolute atomic E-state index is 12.8. The summed E-state index contributed by atoms with van der Waals surface area (Å²) in [6.45, 7) is 0. The van der Waals surface area contributed by atoms with Gasteiger partial charge >= 0.3 is 5.97 Å². The third-order valence-electron chi connectivity index (χ3n) is 2.61. The molecule has 23 heavy (non-hydrogen) atoms. The van der Waals surface area contributed by atoms with Gasteiger partial charge in [0, 0.05) is 0 Å². The Hall–Kier alpha value is -1.96. The van der Waals surface area contributed by atoms with Crippen molar-refractivity contribution in [1.29, 1.82) is 0 Å². The second-order valence-corrected chi connectivity index (χ2v) is 6.39. The fraction of sp³-hybridized carbons (Fsp3) is 0.0714. The zero-order chi connectivity index (χ0) is 17.0. The number of aliphatic hydroxyl groups excluding tert-OH is 1. The fourth-order valence-electron chi connectivity index (χ4n) is 1.53. The highest BCUT2D eigenvalue weighted by Crippen LogP contribution is 2.36. The molecule has 0 unspecified atom stereocenters. The Morgan fingerprint density at radius 1 is 1.30 bits per heavy atom. The molecule has 0 aliphatic rings. The Morgan fingerprint density at radius 3 is 2.48 bits per heavy atom. The number of nitrogens with zero attached hydrogens (tertiary/aromatic N) is 2. The van der Waals surface area contributed by atoms with Crippen LogP contribution < -0.4 is 0 Å². The number of carbonyl (C=O) groups is 1. The van der Waals surface area contributed by atoms with E-state index in [4.69, 9.17) is 23.2 Å². The predicted octanol–water partition coefficient (Wildman–Crippen LogP) is 5.38. The Morgan fingerprint density at radius 2 is 1.96 bits per heavy atom. The average molecular weight is 375 g/mol. The van der Waals surface area contributed by atoms with Gasteiger partial charge in [-0.25, -0.2) is 9.18 Å². The number of ether oxygens (including phenoxy) is 1. The van der Waals surface area contributed by atoms with Gasteiger partial charge < -0.3 is 9.84 Å². The summed E-state index contributed by atoms with van der Waals surface area (Å²) in [5.41, 5.74) is -0.0247. The SMILES string of the molecule is COC(=O)/C(N=Nc1ccc(F)cc1)=C(\O)c1cc(Cl)sc1Cl. The molecule has 5 nitrogen and oxygen atoms in total. The monoisotopic (exact) mass is 374 g/mol. The molecule has 0 fully saturated rings. The van der Waals surface area contributed by atoms with E-state index in [-0.39, 0.29) is 15.6 Å². The minimum atomic E-state index is -0.910. The quantitative estimate of drug-likeness (QED) is 0.338. The molecule has 0 radical (unpaired) electrons. The van der Waals surface area contributed by atoms with Crippen molar-refractivity contribution in [1.82, 2.24) is 0 Å². The lowest BCUT2D eigenvalue weighted by atomic mass is 10.2. The normalized spacial score (nSPS) is 12.3. The minimum absolute atomic E-state index is 0.139. The molecule has 1 aromatic carbocycles. The molecule has 0 aliphatic heterocycles. The number of thiophene rings is 1. The molecule has 0 spiro atoms. The molecular formula is C14H9Cl2FN2O3S. The van der Waals surface area contributed by atoms with Crippen LogP contribution >= 0.6 is 34.5 Å². The van der Waals surface area contributed by atoms with Gasteiger partial charge in [-0.05, 0) is 30.3 Å². The van der Waals surface area contributed by atoms with E-state index in [0.29, 0.717) is 4.34 Å². The third kappa shape index (κ3) is 4.28. The molecule has 0 saturated heterocycles. The lowest BCUT2D eigenvalue weighted by Crippen LogP contribution is -2.05. The first-order chi connectivity index (χ1) is 10.9.